The number of methoxy groups -OCH3 is 1. The van der Waals surface area contributed by atoms with Crippen LogP contribution >= 0.6 is 0 Å². The molecule has 4 aromatic rings. The van der Waals surface area contributed by atoms with Crippen LogP contribution in [0.15, 0.2) is 79.0 Å². The fraction of sp³-hybridized carbons (Fsp3) is 0.267. The van der Waals surface area contributed by atoms with Crippen LogP contribution in [0.5, 0.6) is 5.75 Å². The summed E-state index contributed by atoms with van der Waals surface area (Å²) in [6, 6.07) is 24.2. The van der Waals surface area contributed by atoms with Crippen molar-refractivity contribution in [2.45, 2.75) is 19.8 Å². The first-order chi connectivity index (χ1) is 17.7. The zero-order valence-electron chi connectivity index (χ0n) is 20.9. The first-order valence-corrected chi connectivity index (χ1v) is 12.6. The van der Waals surface area contributed by atoms with Crippen molar-refractivity contribution >= 4 is 33.9 Å². The van der Waals surface area contributed by atoms with Gasteiger partial charge >= 0.3 is 0 Å². The molecule has 1 saturated heterocycles. The lowest BCUT2D eigenvalue weighted by Gasteiger charge is -2.38. The molecule has 0 unspecified atom stereocenters. The smallest absolute Gasteiger partial charge is 0.255 e. The molecule has 0 spiro atoms. The standard InChI is InChI=1S/C30H32N4O2/c1-3-6-22-9-11-23(12-10-22)30(35)32-28-21-31-27-8-5-4-7-26(27)29(28)34-19-17-33(18-20-34)24-13-15-25(36-2)16-14-24/h4-5,7-16,21H,3,6,17-20H2,1-2H3,(H,32,35). The first-order valence-electron chi connectivity index (χ1n) is 12.6. The van der Waals surface area contributed by atoms with Crippen LogP contribution in [0.3, 0.4) is 0 Å². The summed E-state index contributed by atoms with van der Waals surface area (Å²) in [7, 11) is 1.69. The number of rotatable bonds is 7. The predicted molar refractivity (Wildman–Crippen MR) is 148 cm³/mol. The molecule has 0 atom stereocenters. The average molecular weight is 481 g/mol. The molecule has 1 aliphatic heterocycles. The van der Waals surface area contributed by atoms with E-state index in [1.807, 2.05) is 54.6 Å². The third kappa shape index (κ3) is 4.98. The van der Waals surface area contributed by atoms with Crippen molar-refractivity contribution in [3.63, 3.8) is 0 Å². The quantitative estimate of drug-likeness (QED) is 0.364. The highest BCUT2D eigenvalue weighted by Crippen LogP contribution is 2.35. The molecule has 0 bridgehead atoms. The number of hydrogen-bond acceptors (Lipinski definition) is 5. The van der Waals surface area contributed by atoms with Crippen molar-refractivity contribution in [2.24, 2.45) is 0 Å². The van der Waals surface area contributed by atoms with Gasteiger partial charge in [-0.25, -0.2) is 0 Å². The third-order valence-electron chi connectivity index (χ3n) is 6.78. The number of fused-ring (bicyclic) bond motifs is 1. The van der Waals surface area contributed by atoms with Gasteiger partial charge in [0.2, 0.25) is 0 Å². The number of hydrogen-bond donors (Lipinski definition) is 1. The van der Waals surface area contributed by atoms with E-state index in [-0.39, 0.29) is 5.91 Å². The second-order valence-electron chi connectivity index (χ2n) is 9.11. The number of carbonyl (C=O) groups excluding carboxylic acids is 1. The van der Waals surface area contributed by atoms with E-state index in [2.05, 4.69) is 45.2 Å². The lowest BCUT2D eigenvalue weighted by atomic mass is 10.1. The van der Waals surface area contributed by atoms with Gasteiger partial charge in [-0.1, -0.05) is 43.7 Å². The minimum Gasteiger partial charge on any atom is -0.497 e. The first kappa shape index (κ1) is 23.7. The van der Waals surface area contributed by atoms with Crippen molar-refractivity contribution in [3.05, 3.63) is 90.1 Å². The van der Waals surface area contributed by atoms with Gasteiger partial charge in [-0.15, -0.1) is 0 Å². The number of nitrogens with zero attached hydrogens (tertiary/aromatic N) is 3. The maximum atomic E-state index is 13.2. The molecule has 1 amide bonds. The molecule has 6 nitrogen and oxygen atoms in total. The Bertz CT molecular complexity index is 1330. The van der Waals surface area contributed by atoms with Crippen molar-refractivity contribution in [1.29, 1.82) is 0 Å². The molecule has 3 aromatic carbocycles. The maximum Gasteiger partial charge on any atom is 0.255 e. The van der Waals surface area contributed by atoms with Crippen LogP contribution in [0.2, 0.25) is 0 Å². The van der Waals surface area contributed by atoms with Crippen LogP contribution < -0.4 is 19.9 Å². The molecular weight excluding hydrogens is 448 g/mol. The fourth-order valence-electron chi connectivity index (χ4n) is 4.85. The summed E-state index contributed by atoms with van der Waals surface area (Å²) in [4.78, 5) is 22.6. The van der Waals surface area contributed by atoms with Gasteiger partial charge in [-0.3, -0.25) is 9.78 Å². The van der Waals surface area contributed by atoms with Crippen LogP contribution in [-0.2, 0) is 6.42 Å². The molecule has 5 rings (SSSR count). The second-order valence-corrected chi connectivity index (χ2v) is 9.11. The maximum absolute atomic E-state index is 13.2. The summed E-state index contributed by atoms with van der Waals surface area (Å²) in [5.41, 5.74) is 5.79. The van der Waals surface area contributed by atoms with E-state index in [1.165, 1.54) is 11.3 Å². The van der Waals surface area contributed by atoms with Crippen LogP contribution in [0.1, 0.15) is 29.3 Å². The summed E-state index contributed by atoms with van der Waals surface area (Å²) in [5.74, 6) is 0.745. The molecule has 6 heteroatoms. The van der Waals surface area contributed by atoms with Gasteiger partial charge in [-0.05, 0) is 54.4 Å². The Morgan fingerprint density at radius 1 is 0.917 bits per heavy atom. The molecule has 1 aliphatic rings. The monoisotopic (exact) mass is 480 g/mol. The van der Waals surface area contributed by atoms with Crippen LogP contribution in [-0.4, -0.2) is 44.2 Å². The Hall–Kier alpha value is -4.06. The number of para-hydroxylation sites is 1. The number of piperazine rings is 1. The molecule has 1 aromatic heterocycles. The molecule has 2 heterocycles. The molecule has 0 saturated carbocycles. The summed E-state index contributed by atoms with van der Waals surface area (Å²) in [5, 5.41) is 4.20. The Morgan fingerprint density at radius 3 is 2.31 bits per heavy atom. The summed E-state index contributed by atoms with van der Waals surface area (Å²) >= 11 is 0. The molecule has 1 N–H and O–H groups in total. The van der Waals surface area contributed by atoms with Crippen molar-refractivity contribution in [1.82, 2.24) is 4.98 Å². The van der Waals surface area contributed by atoms with Crippen LogP contribution in [0.25, 0.3) is 10.9 Å². The van der Waals surface area contributed by atoms with E-state index in [0.29, 0.717) is 5.56 Å². The van der Waals surface area contributed by atoms with Crippen molar-refractivity contribution in [3.8, 4) is 5.75 Å². The fourth-order valence-corrected chi connectivity index (χ4v) is 4.85. The van der Waals surface area contributed by atoms with E-state index in [9.17, 15) is 4.79 Å². The molecule has 0 radical (unpaired) electrons. The van der Waals surface area contributed by atoms with E-state index in [0.717, 1.165) is 67.0 Å². The molecule has 0 aliphatic carbocycles. The van der Waals surface area contributed by atoms with E-state index in [1.54, 1.807) is 13.3 Å². The SMILES string of the molecule is CCCc1ccc(C(=O)Nc2cnc3ccccc3c2N2CCN(c3ccc(OC)cc3)CC2)cc1. The van der Waals surface area contributed by atoms with E-state index < -0.39 is 0 Å². The lowest BCUT2D eigenvalue weighted by molar-refractivity contribution is 0.102. The number of carbonyl (C=O) groups is 1. The van der Waals surface area contributed by atoms with Crippen molar-refractivity contribution < 1.29 is 9.53 Å². The highest BCUT2D eigenvalue weighted by Gasteiger charge is 2.23. The summed E-state index contributed by atoms with van der Waals surface area (Å²) < 4.78 is 5.30. The number of pyridine rings is 1. The molecule has 1 fully saturated rings. The Labute approximate surface area is 212 Å². The number of anilines is 3. The summed E-state index contributed by atoms with van der Waals surface area (Å²) in [6.45, 7) is 5.61. The topological polar surface area (TPSA) is 57.7 Å². The van der Waals surface area contributed by atoms with Crippen LogP contribution in [0.4, 0.5) is 17.1 Å². The van der Waals surface area contributed by atoms with E-state index in [4.69, 9.17) is 4.74 Å². The number of amides is 1. The Balaban J connectivity index is 1.38. The predicted octanol–water partition coefficient (Wildman–Crippen LogP) is 5.77. The Kier molecular flexibility index (Phi) is 7.03. The van der Waals surface area contributed by atoms with Crippen LogP contribution in [0, 0.1) is 0 Å². The van der Waals surface area contributed by atoms with Gasteiger partial charge < -0.3 is 19.9 Å². The Morgan fingerprint density at radius 2 is 1.61 bits per heavy atom. The van der Waals surface area contributed by atoms with Crippen molar-refractivity contribution in [2.75, 3.05) is 48.4 Å². The van der Waals surface area contributed by atoms with Gasteiger partial charge in [0.05, 0.1) is 30.2 Å². The van der Waals surface area contributed by atoms with Gasteiger partial charge in [0.15, 0.2) is 0 Å². The minimum atomic E-state index is -0.117. The zero-order chi connectivity index (χ0) is 24.9. The zero-order valence-corrected chi connectivity index (χ0v) is 20.9. The number of aromatic nitrogens is 1. The molecule has 36 heavy (non-hydrogen) atoms. The lowest BCUT2D eigenvalue weighted by Crippen LogP contribution is -2.46. The number of benzene rings is 3. The van der Waals surface area contributed by atoms with Gasteiger partial charge in [-0.2, -0.15) is 0 Å². The summed E-state index contributed by atoms with van der Waals surface area (Å²) in [6.07, 6.45) is 3.89. The van der Waals surface area contributed by atoms with Gasteiger partial charge in [0.25, 0.3) is 5.91 Å². The minimum absolute atomic E-state index is 0.117. The molecule has 184 valence electrons. The third-order valence-corrected chi connectivity index (χ3v) is 6.78. The highest BCUT2D eigenvalue weighted by atomic mass is 16.5. The number of nitrogens with one attached hydrogen (secondary N) is 1. The highest BCUT2D eigenvalue weighted by molar-refractivity contribution is 6.09. The van der Waals surface area contributed by atoms with Gasteiger partial charge in [0.1, 0.15) is 5.75 Å². The van der Waals surface area contributed by atoms with E-state index >= 15 is 0 Å². The van der Waals surface area contributed by atoms with Gasteiger partial charge in [0, 0.05) is 42.8 Å². The number of aryl methyl sites for hydroxylation is 1. The molecular formula is C30H32N4O2. The second kappa shape index (κ2) is 10.7. The number of ether oxygens (including phenoxy) is 1. The normalized spacial score (nSPS) is 13.6. The largest absolute Gasteiger partial charge is 0.497 e. The average Bonchev–Trinajstić information content (AvgIpc) is 2.94.